The lowest BCUT2D eigenvalue weighted by Crippen LogP contribution is -2.28. The summed E-state index contributed by atoms with van der Waals surface area (Å²) in [5.74, 6) is -1.05. The molecule has 0 aliphatic carbocycles. The third kappa shape index (κ3) is 19.3. The largest absolute Gasteiger partial charge is 0.481 e. The van der Waals surface area contributed by atoms with Gasteiger partial charge in [0.2, 0.25) is 0 Å². The van der Waals surface area contributed by atoms with Gasteiger partial charge >= 0.3 is 11.9 Å². The molecule has 0 unspecified atom stereocenters. The number of aliphatic carboxylic acids is 1. The Labute approximate surface area is 162 Å². The minimum absolute atomic E-state index is 0.0374. The number of unbranched alkanes of at least 4 members (excludes halogenated alkanes) is 4. The van der Waals surface area contributed by atoms with Crippen molar-refractivity contribution < 1.29 is 38.4 Å². The van der Waals surface area contributed by atoms with E-state index in [4.69, 9.17) is 28.8 Å². The summed E-state index contributed by atoms with van der Waals surface area (Å²) in [5.41, 5.74) is 0. The molecule has 0 aromatic heterocycles. The highest BCUT2D eigenvalue weighted by Crippen LogP contribution is 2.08. The Bertz CT molecular complexity index is 350. The van der Waals surface area contributed by atoms with Crippen LogP contribution in [-0.4, -0.2) is 69.6 Å². The highest BCUT2D eigenvalue weighted by Gasteiger charge is 2.13. The number of carboxylic acid groups (broad SMARTS) is 1. The maximum absolute atomic E-state index is 11.8. The standard InChI is InChI=1S/C19H36O8/c1-3-23-12-14-25-19(26-15-13-24-4-2)16-27-18(22)11-9-7-5-6-8-10-17(20)21/h19H,3-16H2,1-2H3,(H,20,21). The van der Waals surface area contributed by atoms with Crippen LogP contribution < -0.4 is 0 Å². The summed E-state index contributed by atoms with van der Waals surface area (Å²) in [5, 5.41) is 8.56. The average Bonchev–Trinajstić information content (AvgIpc) is 2.64. The summed E-state index contributed by atoms with van der Waals surface area (Å²) in [6.45, 7) is 6.72. The van der Waals surface area contributed by atoms with Gasteiger partial charge in [0.1, 0.15) is 6.61 Å². The summed E-state index contributed by atoms with van der Waals surface area (Å²) < 4.78 is 26.7. The van der Waals surface area contributed by atoms with Crippen molar-refractivity contribution in [2.24, 2.45) is 0 Å². The second-order valence-electron chi connectivity index (χ2n) is 5.91. The van der Waals surface area contributed by atoms with Gasteiger partial charge in [-0.05, 0) is 26.7 Å². The zero-order chi connectivity index (χ0) is 20.2. The summed E-state index contributed by atoms with van der Waals surface area (Å²) in [6.07, 6.45) is 3.99. The van der Waals surface area contributed by atoms with Gasteiger partial charge in [0.15, 0.2) is 6.29 Å². The Morgan fingerprint density at radius 3 is 1.81 bits per heavy atom. The van der Waals surface area contributed by atoms with Crippen LogP contribution in [0.15, 0.2) is 0 Å². The fourth-order valence-corrected chi connectivity index (χ4v) is 2.22. The molecule has 27 heavy (non-hydrogen) atoms. The second kappa shape index (κ2) is 19.5. The van der Waals surface area contributed by atoms with Crippen molar-refractivity contribution in [1.82, 2.24) is 0 Å². The maximum Gasteiger partial charge on any atom is 0.305 e. The number of carboxylic acids is 1. The van der Waals surface area contributed by atoms with E-state index in [9.17, 15) is 9.59 Å². The fraction of sp³-hybridized carbons (Fsp3) is 0.895. The number of hydrogen-bond acceptors (Lipinski definition) is 7. The first-order valence-corrected chi connectivity index (χ1v) is 9.86. The number of esters is 1. The first kappa shape index (κ1) is 25.8. The minimum atomic E-state index is -0.764. The molecule has 0 fully saturated rings. The fourth-order valence-electron chi connectivity index (χ4n) is 2.22. The highest BCUT2D eigenvalue weighted by atomic mass is 16.7. The van der Waals surface area contributed by atoms with Crippen LogP contribution in [0.2, 0.25) is 0 Å². The van der Waals surface area contributed by atoms with E-state index in [0.717, 1.165) is 25.7 Å². The van der Waals surface area contributed by atoms with Crippen molar-refractivity contribution in [3.63, 3.8) is 0 Å². The lowest BCUT2D eigenvalue weighted by atomic mass is 10.1. The molecule has 0 rings (SSSR count). The Morgan fingerprint density at radius 1 is 0.778 bits per heavy atom. The molecule has 0 radical (unpaired) electrons. The summed E-state index contributed by atoms with van der Waals surface area (Å²) in [4.78, 5) is 22.2. The van der Waals surface area contributed by atoms with Crippen LogP contribution in [0.1, 0.15) is 58.8 Å². The Kier molecular flexibility index (Phi) is 18.7. The van der Waals surface area contributed by atoms with Gasteiger partial charge in [0.25, 0.3) is 0 Å². The lowest BCUT2D eigenvalue weighted by Gasteiger charge is -2.18. The molecule has 1 N–H and O–H groups in total. The van der Waals surface area contributed by atoms with Crippen LogP contribution in [0.4, 0.5) is 0 Å². The van der Waals surface area contributed by atoms with Crippen LogP contribution >= 0.6 is 0 Å². The maximum atomic E-state index is 11.8. The molecule has 0 spiro atoms. The number of carbonyl (C=O) groups is 2. The van der Waals surface area contributed by atoms with Crippen molar-refractivity contribution in [3.05, 3.63) is 0 Å². The molecule has 0 heterocycles. The molecule has 0 saturated heterocycles. The smallest absolute Gasteiger partial charge is 0.305 e. The molecule has 0 amide bonds. The third-order valence-electron chi connectivity index (χ3n) is 3.62. The predicted molar refractivity (Wildman–Crippen MR) is 99.6 cm³/mol. The molecular formula is C19H36O8. The Morgan fingerprint density at radius 2 is 1.30 bits per heavy atom. The zero-order valence-corrected chi connectivity index (χ0v) is 16.8. The van der Waals surface area contributed by atoms with Gasteiger partial charge in [-0.25, -0.2) is 0 Å². The van der Waals surface area contributed by atoms with Gasteiger partial charge < -0.3 is 28.8 Å². The number of hydrogen-bond donors (Lipinski definition) is 1. The van der Waals surface area contributed by atoms with E-state index in [1.165, 1.54) is 0 Å². The number of carbonyl (C=O) groups excluding carboxylic acids is 1. The first-order chi connectivity index (χ1) is 13.1. The van der Waals surface area contributed by atoms with Crippen LogP contribution in [0.3, 0.4) is 0 Å². The first-order valence-electron chi connectivity index (χ1n) is 9.86. The Balaban J connectivity index is 3.83. The van der Waals surface area contributed by atoms with Crippen molar-refractivity contribution in [1.29, 1.82) is 0 Å². The monoisotopic (exact) mass is 392 g/mol. The summed E-state index contributed by atoms with van der Waals surface area (Å²) in [6, 6.07) is 0. The van der Waals surface area contributed by atoms with Crippen molar-refractivity contribution in [3.8, 4) is 0 Å². The minimum Gasteiger partial charge on any atom is -0.481 e. The van der Waals surface area contributed by atoms with Crippen molar-refractivity contribution >= 4 is 11.9 Å². The van der Waals surface area contributed by atoms with Gasteiger partial charge in [-0.2, -0.15) is 0 Å². The van der Waals surface area contributed by atoms with E-state index in [1.54, 1.807) is 0 Å². The van der Waals surface area contributed by atoms with Crippen LogP contribution in [0.5, 0.6) is 0 Å². The molecule has 0 aliphatic rings. The molecule has 0 aliphatic heterocycles. The molecule has 8 heteroatoms. The van der Waals surface area contributed by atoms with E-state index in [0.29, 0.717) is 52.5 Å². The predicted octanol–water partition coefficient (Wildman–Crippen LogP) is 2.78. The molecule has 0 bridgehead atoms. The lowest BCUT2D eigenvalue weighted by molar-refractivity contribution is -0.190. The van der Waals surface area contributed by atoms with Crippen molar-refractivity contribution in [2.75, 3.05) is 46.2 Å². The molecule has 160 valence electrons. The van der Waals surface area contributed by atoms with Crippen LogP contribution in [0.25, 0.3) is 0 Å². The van der Waals surface area contributed by atoms with E-state index < -0.39 is 12.3 Å². The Hall–Kier alpha value is -1.22. The topological polar surface area (TPSA) is 101 Å². The van der Waals surface area contributed by atoms with Gasteiger partial charge in [0, 0.05) is 26.1 Å². The van der Waals surface area contributed by atoms with E-state index in [2.05, 4.69) is 0 Å². The van der Waals surface area contributed by atoms with Crippen LogP contribution in [-0.2, 0) is 33.3 Å². The molecule has 0 aromatic carbocycles. The number of ether oxygens (including phenoxy) is 5. The zero-order valence-electron chi connectivity index (χ0n) is 16.8. The van der Waals surface area contributed by atoms with Crippen molar-refractivity contribution in [2.45, 2.75) is 65.1 Å². The average molecular weight is 392 g/mol. The molecular weight excluding hydrogens is 356 g/mol. The summed E-state index contributed by atoms with van der Waals surface area (Å²) >= 11 is 0. The molecule has 8 nitrogen and oxygen atoms in total. The van der Waals surface area contributed by atoms with Gasteiger partial charge in [-0.15, -0.1) is 0 Å². The third-order valence-corrected chi connectivity index (χ3v) is 3.62. The normalized spacial score (nSPS) is 11.1. The summed E-state index contributed by atoms with van der Waals surface area (Å²) in [7, 11) is 0. The van der Waals surface area contributed by atoms with Gasteiger partial charge in [-0.1, -0.05) is 19.3 Å². The second-order valence-corrected chi connectivity index (χ2v) is 5.91. The molecule has 0 aromatic rings. The quantitative estimate of drug-likeness (QED) is 0.192. The van der Waals surface area contributed by atoms with Gasteiger partial charge in [0.05, 0.1) is 26.4 Å². The van der Waals surface area contributed by atoms with Gasteiger partial charge in [-0.3, -0.25) is 9.59 Å². The van der Waals surface area contributed by atoms with E-state index in [1.807, 2.05) is 13.8 Å². The molecule has 0 atom stereocenters. The van der Waals surface area contributed by atoms with E-state index in [-0.39, 0.29) is 19.0 Å². The SMILES string of the molecule is CCOCCOC(COC(=O)CCCCCCCC(=O)O)OCCOCC. The van der Waals surface area contributed by atoms with E-state index >= 15 is 0 Å². The van der Waals surface area contributed by atoms with Crippen LogP contribution in [0, 0.1) is 0 Å². The molecule has 0 saturated carbocycles. The number of rotatable bonds is 20. The highest BCUT2D eigenvalue weighted by molar-refractivity contribution is 5.69.